The van der Waals surface area contributed by atoms with Crippen molar-refractivity contribution in [3.8, 4) is 5.75 Å². The highest BCUT2D eigenvalue weighted by atomic mass is 16.5. The van der Waals surface area contributed by atoms with Gasteiger partial charge >= 0.3 is 0 Å². The van der Waals surface area contributed by atoms with E-state index >= 15 is 0 Å². The zero-order valence-electron chi connectivity index (χ0n) is 12.5. The van der Waals surface area contributed by atoms with Crippen LogP contribution in [0.3, 0.4) is 0 Å². The van der Waals surface area contributed by atoms with Gasteiger partial charge in [-0.15, -0.1) is 0 Å². The van der Waals surface area contributed by atoms with Crippen molar-refractivity contribution in [2.75, 3.05) is 18.5 Å². The number of nitrogens with one attached hydrogen (secondary N) is 1. The third kappa shape index (κ3) is 3.25. The van der Waals surface area contributed by atoms with Gasteiger partial charge in [0.1, 0.15) is 23.9 Å². The summed E-state index contributed by atoms with van der Waals surface area (Å²) in [6, 6.07) is 7.28. The maximum Gasteiger partial charge on any atom is 0.259 e. The molecule has 1 amide bonds. The minimum atomic E-state index is -0.203. The van der Waals surface area contributed by atoms with Crippen LogP contribution in [0.5, 0.6) is 5.75 Å². The third-order valence-electron chi connectivity index (χ3n) is 3.30. The van der Waals surface area contributed by atoms with Crippen LogP contribution in [-0.2, 0) is 0 Å². The predicted octanol–water partition coefficient (Wildman–Crippen LogP) is 2.79. The summed E-state index contributed by atoms with van der Waals surface area (Å²) < 4.78 is 11.0. The number of nitrogens with two attached hydrogens (primary N) is 1. The van der Waals surface area contributed by atoms with Crippen molar-refractivity contribution in [2.45, 2.75) is 20.8 Å². The highest BCUT2D eigenvalue weighted by Gasteiger charge is 2.19. The Bertz CT molecular complexity index is 647. The number of para-hydroxylation sites is 2. The van der Waals surface area contributed by atoms with Gasteiger partial charge in [-0.25, -0.2) is 0 Å². The molecule has 1 aromatic carbocycles. The van der Waals surface area contributed by atoms with E-state index in [1.807, 2.05) is 26.0 Å². The predicted molar refractivity (Wildman–Crippen MR) is 81.9 cm³/mol. The van der Waals surface area contributed by atoms with Gasteiger partial charge in [0, 0.05) is 12.1 Å². The van der Waals surface area contributed by atoms with Gasteiger partial charge in [-0.2, -0.15) is 0 Å². The molecule has 2 aromatic rings. The van der Waals surface area contributed by atoms with Crippen molar-refractivity contribution in [1.82, 2.24) is 0 Å². The molecule has 2 rings (SSSR count). The first-order valence-corrected chi connectivity index (χ1v) is 6.84. The number of rotatable bonds is 5. The summed E-state index contributed by atoms with van der Waals surface area (Å²) in [5.41, 5.74) is 7.48. The number of hydrogen-bond acceptors (Lipinski definition) is 4. The van der Waals surface area contributed by atoms with Gasteiger partial charge in [0.15, 0.2) is 0 Å². The molecule has 21 heavy (non-hydrogen) atoms. The molecule has 0 spiro atoms. The summed E-state index contributed by atoms with van der Waals surface area (Å²) in [7, 11) is 0. The second-order valence-electron chi connectivity index (χ2n) is 4.80. The maximum atomic E-state index is 12.4. The first-order chi connectivity index (χ1) is 10.0. The molecule has 0 fully saturated rings. The third-order valence-corrected chi connectivity index (χ3v) is 3.30. The Labute approximate surface area is 124 Å². The lowest BCUT2D eigenvalue weighted by Gasteiger charge is -2.12. The van der Waals surface area contributed by atoms with E-state index in [2.05, 4.69) is 5.32 Å². The smallest absolute Gasteiger partial charge is 0.259 e. The van der Waals surface area contributed by atoms with E-state index < -0.39 is 0 Å². The summed E-state index contributed by atoms with van der Waals surface area (Å²) in [6.45, 7) is 6.32. The van der Waals surface area contributed by atoms with E-state index in [0.29, 0.717) is 35.9 Å². The van der Waals surface area contributed by atoms with Gasteiger partial charge in [-0.3, -0.25) is 4.79 Å². The first kappa shape index (κ1) is 15.1. The van der Waals surface area contributed by atoms with Crippen LogP contribution in [-0.4, -0.2) is 19.1 Å². The largest absolute Gasteiger partial charge is 0.490 e. The molecule has 1 aromatic heterocycles. The number of ether oxygens (including phenoxy) is 1. The average molecular weight is 288 g/mol. The van der Waals surface area contributed by atoms with Gasteiger partial charge in [0.05, 0.1) is 11.3 Å². The SMILES string of the molecule is Cc1oc(C)c(C(=O)Nc2ccccc2OCCN)c1C. The normalized spacial score (nSPS) is 10.5. The molecule has 5 nitrogen and oxygen atoms in total. The fourth-order valence-electron chi connectivity index (χ4n) is 2.18. The number of aryl methyl sites for hydroxylation is 2. The second kappa shape index (κ2) is 6.45. The average Bonchev–Trinajstić information content (AvgIpc) is 2.71. The summed E-state index contributed by atoms with van der Waals surface area (Å²) in [5, 5.41) is 2.87. The Morgan fingerprint density at radius 1 is 1.24 bits per heavy atom. The molecule has 0 aliphatic carbocycles. The van der Waals surface area contributed by atoms with Crippen molar-refractivity contribution < 1.29 is 13.9 Å². The zero-order valence-corrected chi connectivity index (χ0v) is 12.5. The van der Waals surface area contributed by atoms with Crippen LogP contribution < -0.4 is 15.8 Å². The molecule has 0 bridgehead atoms. The fourth-order valence-corrected chi connectivity index (χ4v) is 2.18. The lowest BCUT2D eigenvalue weighted by Crippen LogP contribution is -2.16. The summed E-state index contributed by atoms with van der Waals surface area (Å²) in [4.78, 5) is 12.4. The molecular weight excluding hydrogens is 268 g/mol. The number of furan rings is 1. The Morgan fingerprint density at radius 2 is 1.95 bits per heavy atom. The number of carbonyl (C=O) groups is 1. The molecule has 1 heterocycles. The Balaban J connectivity index is 2.23. The van der Waals surface area contributed by atoms with Gasteiger partial charge in [-0.1, -0.05) is 12.1 Å². The van der Waals surface area contributed by atoms with E-state index in [4.69, 9.17) is 14.9 Å². The number of carbonyl (C=O) groups excluding carboxylic acids is 1. The zero-order chi connectivity index (χ0) is 15.4. The lowest BCUT2D eigenvalue weighted by molar-refractivity contribution is 0.102. The number of amides is 1. The molecule has 0 saturated heterocycles. The topological polar surface area (TPSA) is 77.5 Å². The lowest BCUT2D eigenvalue weighted by atomic mass is 10.1. The first-order valence-electron chi connectivity index (χ1n) is 6.84. The standard InChI is InChI=1S/C16H20N2O3/c1-10-11(2)21-12(3)15(10)16(19)18-13-6-4-5-7-14(13)20-9-8-17/h4-7H,8-9,17H2,1-3H3,(H,18,19). The van der Waals surface area contributed by atoms with Gasteiger partial charge < -0.3 is 20.2 Å². The number of benzene rings is 1. The van der Waals surface area contributed by atoms with Crippen molar-refractivity contribution in [2.24, 2.45) is 5.73 Å². The van der Waals surface area contributed by atoms with E-state index in [-0.39, 0.29) is 5.91 Å². The van der Waals surface area contributed by atoms with Crippen molar-refractivity contribution in [3.63, 3.8) is 0 Å². The van der Waals surface area contributed by atoms with Gasteiger partial charge in [0.2, 0.25) is 0 Å². The van der Waals surface area contributed by atoms with E-state index in [1.54, 1.807) is 19.1 Å². The molecule has 0 saturated carbocycles. The summed E-state index contributed by atoms with van der Waals surface area (Å²) >= 11 is 0. The van der Waals surface area contributed by atoms with Gasteiger partial charge in [-0.05, 0) is 32.9 Å². The van der Waals surface area contributed by atoms with Crippen LogP contribution in [0.15, 0.2) is 28.7 Å². The van der Waals surface area contributed by atoms with E-state index in [1.165, 1.54) is 0 Å². The number of anilines is 1. The van der Waals surface area contributed by atoms with E-state index in [9.17, 15) is 4.79 Å². The van der Waals surface area contributed by atoms with Crippen LogP contribution >= 0.6 is 0 Å². The van der Waals surface area contributed by atoms with Crippen molar-refractivity contribution >= 4 is 11.6 Å². The van der Waals surface area contributed by atoms with Crippen LogP contribution in [0.2, 0.25) is 0 Å². The van der Waals surface area contributed by atoms with Crippen LogP contribution in [0.25, 0.3) is 0 Å². The summed E-state index contributed by atoms with van der Waals surface area (Å²) in [6.07, 6.45) is 0. The monoisotopic (exact) mass is 288 g/mol. The van der Waals surface area contributed by atoms with Crippen LogP contribution in [0, 0.1) is 20.8 Å². The molecule has 0 atom stereocenters. The fraction of sp³-hybridized carbons (Fsp3) is 0.312. The Morgan fingerprint density at radius 3 is 2.57 bits per heavy atom. The minimum Gasteiger partial charge on any atom is -0.490 e. The molecule has 0 radical (unpaired) electrons. The minimum absolute atomic E-state index is 0.203. The highest BCUT2D eigenvalue weighted by molar-refractivity contribution is 6.06. The van der Waals surface area contributed by atoms with E-state index in [0.717, 1.165) is 11.3 Å². The Kier molecular flexibility index (Phi) is 4.65. The molecule has 5 heteroatoms. The van der Waals surface area contributed by atoms with Crippen LogP contribution in [0.1, 0.15) is 27.4 Å². The summed E-state index contributed by atoms with van der Waals surface area (Å²) in [5.74, 6) is 1.77. The molecule has 0 unspecified atom stereocenters. The molecule has 3 N–H and O–H groups in total. The van der Waals surface area contributed by atoms with Crippen molar-refractivity contribution in [1.29, 1.82) is 0 Å². The molecule has 0 aliphatic heterocycles. The van der Waals surface area contributed by atoms with Gasteiger partial charge in [0.25, 0.3) is 5.91 Å². The Hall–Kier alpha value is -2.27. The molecule has 112 valence electrons. The second-order valence-corrected chi connectivity index (χ2v) is 4.80. The quantitative estimate of drug-likeness (QED) is 0.887. The maximum absolute atomic E-state index is 12.4. The molecule has 0 aliphatic rings. The number of hydrogen-bond donors (Lipinski definition) is 2. The molecular formula is C16H20N2O3. The highest BCUT2D eigenvalue weighted by Crippen LogP contribution is 2.26. The van der Waals surface area contributed by atoms with Crippen molar-refractivity contribution in [3.05, 3.63) is 46.9 Å². The van der Waals surface area contributed by atoms with Crippen LogP contribution in [0.4, 0.5) is 5.69 Å².